The number of carbonyl (C=O) groups is 4. The van der Waals surface area contributed by atoms with E-state index < -0.39 is 33.7 Å². The molecule has 0 saturated carbocycles. The molecule has 0 atom stereocenters. The van der Waals surface area contributed by atoms with Gasteiger partial charge in [-0.25, -0.2) is 29.5 Å². The van der Waals surface area contributed by atoms with Gasteiger partial charge in [-0.1, -0.05) is 0 Å². The smallest absolute Gasteiger partial charge is 0.410 e. The highest BCUT2D eigenvalue weighted by Crippen LogP contribution is 2.35. The molecule has 22 nitrogen and oxygen atoms in total. The molecule has 0 aromatic carbocycles. The van der Waals surface area contributed by atoms with E-state index in [4.69, 9.17) is 24.2 Å². The molecule has 8 rings (SSSR count). The molecule has 2 aliphatic heterocycles. The minimum absolute atomic E-state index is 0.0428. The van der Waals surface area contributed by atoms with Crippen LogP contribution >= 0.6 is 0 Å². The number of aromatic amines is 1. The Hall–Kier alpha value is -8.14. The third kappa shape index (κ3) is 13.0. The van der Waals surface area contributed by atoms with Crippen molar-refractivity contribution in [1.82, 2.24) is 58.8 Å². The van der Waals surface area contributed by atoms with Gasteiger partial charge in [0.05, 0.1) is 66.3 Å². The fourth-order valence-electron chi connectivity index (χ4n) is 7.14. The van der Waals surface area contributed by atoms with Gasteiger partial charge in [-0.2, -0.15) is 20.7 Å². The van der Waals surface area contributed by atoms with E-state index in [1.807, 2.05) is 92.9 Å². The minimum atomic E-state index is -0.636. The molecular formula is C50H62N14O8. The first-order chi connectivity index (χ1) is 33.7. The number of allylic oxidation sites excluding steroid dienone is 1. The number of likely N-dealkylation sites (tertiary alicyclic amines) is 2. The maximum atomic E-state index is 12.4. The largest absolute Gasteiger partial charge is 0.444 e. The van der Waals surface area contributed by atoms with Gasteiger partial charge in [0.15, 0.2) is 13.5 Å². The van der Waals surface area contributed by atoms with E-state index in [1.54, 1.807) is 69.2 Å². The van der Waals surface area contributed by atoms with E-state index >= 15 is 0 Å². The molecule has 0 bridgehead atoms. The predicted octanol–water partition coefficient (Wildman–Crippen LogP) is 7.76. The molecule has 6 aromatic rings. The number of amides is 2. The Bertz CT molecular complexity index is 3020. The first kappa shape index (κ1) is 53.2. The maximum Gasteiger partial charge on any atom is 0.410 e. The van der Waals surface area contributed by atoms with Crippen molar-refractivity contribution >= 4 is 46.2 Å². The van der Waals surface area contributed by atoms with E-state index in [1.165, 1.54) is 18.7 Å². The molecule has 0 aliphatic carbocycles. The molecule has 380 valence electrons. The molecule has 2 aliphatic rings. The third-order valence-corrected chi connectivity index (χ3v) is 10.9. The van der Waals surface area contributed by atoms with Gasteiger partial charge >= 0.3 is 24.1 Å². The average molecular weight is 987 g/mol. The molecule has 8 heterocycles. The highest BCUT2D eigenvalue weighted by molar-refractivity contribution is 5.91. The monoisotopic (exact) mass is 986 g/mol. The van der Waals surface area contributed by atoms with Crippen LogP contribution in [0.4, 0.5) is 9.59 Å². The standard InChI is InChI=1S/C25H31N7O4.C15H17N5O2.C10H14N2O2/c1-23(2,3)21(33)35-16-30-10-7-18-19(27-15-28-20(18)30)17-11-29-32(12-17)25(8-9-26)13-31(14-25)22(34)36-24(4,5)6;1-15(2,3)14(21)22-9-20-5-4-11-12(10-6-18-19-7-10)16-8-17-13(11)20;1-10(2,3)14-9(13)12-6-8(7-12)4-5-11/h7,10-12,15H,8,13-14,16H2,1-6H3;4-8H,9H2,1-3H3,(H,18,19);4H,6-7H2,1-3H3. The molecule has 2 amide bonds. The first-order valence-corrected chi connectivity index (χ1v) is 23.1. The summed E-state index contributed by atoms with van der Waals surface area (Å²) in [5, 5.41) is 30.7. The Morgan fingerprint density at radius 2 is 1.21 bits per heavy atom. The summed E-state index contributed by atoms with van der Waals surface area (Å²) in [6.07, 6.45) is 14.5. The summed E-state index contributed by atoms with van der Waals surface area (Å²) in [5.74, 6) is -0.554. The number of rotatable bonds is 8. The number of hydrogen-bond acceptors (Lipinski definition) is 16. The summed E-state index contributed by atoms with van der Waals surface area (Å²) >= 11 is 0. The third-order valence-electron chi connectivity index (χ3n) is 10.9. The lowest BCUT2D eigenvalue weighted by Gasteiger charge is -2.48. The normalized spacial score (nSPS) is 14.3. The van der Waals surface area contributed by atoms with Crippen LogP contribution in [-0.2, 0) is 47.5 Å². The first-order valence-electron chi connectivity index (χ1n) is 23.1. The van der Waals surface area contributed by atoms with Crippen LogP contribution in [-0.4, -0.2) is 120 Å². The molecule has 0 radical (unpaired) electrons. The van der Waals surface area contributed by atoms with E-state index in [9.17, 15) is 24.4 Å². The lowest BCUT2D eigenvalue weighted by molar-refractivity contribution is -0.157. The Labute approximate surface area is 417 Å². The van der Waals surface area contributed by atoms with Gasteiger partial charge in [0.1, 0.15) is 40.7 Å². The number of H-pyrrole nitrogens is 1. The van der Waals surface area contributed by atoms with Crippen molar-refractivity contribution in [3.8, 4) is 34.7 Å². The lowest BCUT2D eigenvalue weighted by atomic mass is 9.87. The summed E-state index contributed by atoms with van der Waals surface area (Å²) in [7, 11) is 0. The van der Waals surface area contributed by atoms with Crippen molar-refractivity contribution in [1.29, 1.82) is 10.5 Å². The highest BCUT2D eigenvalue weighted by Gasteiger charge is 2.49. The van der Waals surface area contributed by atoms with E-state index in [0.717, 1.165) is 33.2 Å². The summed E-state index contributed by atoms with van der Waals surface area (Å²) in [6, 6.07) is 7.93. The predicted molar refractivity (Wildman–Crippen MR) is 262 cm³/mol. The summed E-state index contributed by atoms with van der Waals surface area (Å²) < 4.78 is 26.6. The fraction of sp³-hybridized carbons (Fsp3) is 0.480. The Balaban J connectivity index is 0.000000199. The van der Waals surface area contributed by atoms with Gasteiger partial charge in [0.25, 0.3) is 0 Å². The summed E-state index contributed by atoms with van der Waals surface area (Å²) in [4.78, 5) is 68.4. The molecule has 0 unspecified atom stereocenters. The van der Waals surface area contributed by atoms with Crippen molar-refractivity contribution in [2.75, 3.05) is 26.2 Å². The van der Waals surface area contributed by atoms with Crippen molar-refractivity contribution in [2.24, 2.45) is 10.8 Å². The Morgan fingerprint density at radius 3 is 1.65 bits per heavy atom. The SMILES string of the molecule is CC(C)(C)C(=O)OCn1ccc2c(-c3cn[nH]c3)ncnc21.CC(C)(C)OC(=O)N1CC(=CC#N)C1.CC(C)(C)OC(=O)N1CC(CC#N)(n2cc(-c3ncnc4c3ccn4COC(=O)C(C)(C)C)cn2)C1. The number of aromatic nitrogens is 10. The second-order valence-electron chi connectivity index (χ2n) is 21.4. The highest BCUT2D eigenvalue weighted by atomic mass is 16.6. The molecular weight excluding hydrogens is 925 g/mol. The van der Waals surface area contributed by atoms with Crippen molar-refractivity contribution in [3.63, 3.8) is 0 Å². The average Bonchev–Trinajstić information content (AvgIpc) is 4.10. The molecule has 0 spiro atoms. The van der Waals surface area contributed by atoms with Crippen LogP contribution in [0.2, 0.25) is 0 Å². The zero-order chi connectivity index (χ0) is 52.8. The van der Waals surface area contributed by atoms with Crippen molar-refractivity contribution < 1.29 is 38.1 Å². The fourth-order valence-corrected chi connectivity index (χ4v) is 7.14. The topological polar surface area (TPSA) is 267 Å². The zero-order valence-corrected chi connectivity index (χ0v) is 42.9. The molecule has 2 saturated heterocycles. The Kier molecular flexibility index (Phi) is 15.6. The van der Waals surface area contributed by atoms with Crippen LogP contribution in [0.3, 0.4) is 0 Å². The van der Waals surface area contributed by atoms with Crippen LogP contribution in [0, 0.1) is 33.5 Å². The van der Waals surface area contributed by atoms with Gasteiger partial charge in [0.2, 0.25) is 0 Å². The number of carbonyl (C=O) groups excluding carboxylic acids is 4. The van der Waals surface area contributed by atoms with Gasteiger partial charge in [-0.05, 0) is 101 Å². The lowest BCUT2D eigenvalue weighted by Crippen LogP contribution is -2.64. The van der Waals surface area contributed by atoms with Crippen molar-refractivity contribution in [3.05, 3.63) is 73.6 Å². The van der Waals surface area contributed by atoms with Gasteiger partial charge in [-0.15, -0.1) is 0 Å². The van der Waals surface area contributed by atoms with Crippen LogP contribution in [0.5, 0.6) is 0 Å². The summed E-state index contributed by atoms with van der Waals surface area (Å²) in [5.41, 5.74) is 2.60. The number of ether oxygens (including phenoxy) is 4. The maximum absolute atomic E-state index is 12.4. The second-order valence-corrected chi connectivity index (χ2v) is 21.4. The van der Waals surface area contributed by atoms with E-state index in [2.05, 4.69) is 41.3 Å². The van der Waals surface area contributed by atoms with Crippen LogP contribution in [0.15, 0.2) is 73.6 Å². The molecule has 2 fully saturated rings. The van der Waals surface area contributed by atoms with Gasteiger partial charge in [0, 0.05) is 65.9 Å². The minimum Gasteiger partial charge on any atom is -0.444 e. The molecule has 6 aromatic heterocycles. The van der Waals surface area contributed by atoms with E-state index in [-0.39, 0.29) is 37.9 Å². The van der Waals surface area contributed by atoms with Crippen LogP contribution in [0.1, 0.15) is 89.5 Å². The van der Waals surface area contributed by atoms with Crippen LogP contribution < -0.4 is 0 Å². The molecule has 22 heteroatoms. The van der Waals surface area contributed by atoms with Gasteiger partial charge < -0.3 is 28.7 Å². The number of fused-ring (bicyclic) bond motifs is 2. The number of nitrogens with zero attached hydrogens (tertiary/aromatic N) is 13. The number of hydrogen-bond donors (Lipinski definition) is 1. The molecule has 1 N–H and O–H groups in total. The quantitative estimate of drug-likeness (QED) is 0.0867. The van der Waals surface area contributed by atoms with Crippen molar-refractivity contribution in [2.45, 2.75) is 120 Å². The van der Waals surface area contributed by atoms with Gasteiger partial charge in [-0.3, -0.25) is 28.5 Å². The molecule has 72 heavy (non-hydrogen) atoms. The second kappa shape index (κ2) is 21.1. The zero-order valence-electron chi connectivity index (χ0n) is 42.9. The Morgan fingerprint density at radius 1 is 0.708 bits per heavy atom. The van der Waals surface area contributed by atoms with E-state index in [0.29, 0.717) is 43.2 Å². The number of esters is 2. The number of nitrogens with one attached hydrogen (secondary N) is 1. The van der Waals surface area contributed by atoms with Crippen LogP contribution in [0.25, 0.3) is 44.6 Å². The number of nitriles is 2. The summed E-state index contributed by atoms with van der Waals surface area (Å²) in [6.45, 7) is 23.7.